The Labute approximate surface area is 117 Å². The van der Waals surface area contributed by atoms with Gasteiger partial charge in [0.15, 0.2) is 0 Å². The van der Waals surface area contributed by atoms with Crippen molar-refractivity contribution in [1.82, 2.24) is 5.32 Å². The fourth-order valence-electron chi connectivity index (χ4n) is 1.91. The molecule has 0 amide bonds. The van der Waals surface area contributed by atoms with Crippen molar-refractivity contribution in [3.05, 3.63) is 28.8 Å². The lowest BCUT2D eigenvalue weighted by Gasteiger charge is -2.14. The average molecular weight is 265 g/mol. The van der Waals surface area contributed by atoms with Crippen LogP contribution in [0.25, 0.3) is 0 Å². The molecule has 0 aliphatic heterocycles. The minimum Gasteiger partial charge on any atom is -0.493 e. The Bertz CT molecular complexity index is 377. The van der Waals surface area contributed by atoms with Gasteiger partial charge >= 0.3 is 0 Å². The van der Waals surface area contributed by atoms with Gasteiger partial charge in [-0.3, -0.25) is 0 Å². The smallest absolute Gasteiger partial charge is 0.125 e. The molecule has 1 N–H and O–H groups in total. The van der Waals surface area contributed by atoms with Gasteiger partial charge in [-0.1, -0.05) is 19.1 Å². The van der Waals surface area contributed by atoms with E-state index < -0.39 is 0 Å². The predicted molar refractivity (Wildman–Crippen MR) is 80.1 cm³/mol. The van der Waals surface area contributed by atoms with E-state index in [1.54, 1.807) is 0 Å². The van der Waals surface area contributed by atoms with Crippen molar-refractivity contribution in [3.8, 4) is 5.75 Å². The molecule has 1 aromatic rings. The molecule has 0 radical (unpaired) electrons. The number of ether oxygens (including phenoxy) is 2. The first-order valence-electron chi connectivity index (χ1n) is 7.15. The lowest BCUT2D eigenvalue weighted by Crippen LogP contribution is -2.19. The molecule has 0 atom stereocenters. The van der Waals surface area contributed by atoms with Gasteiger partial charge in [-0.25, -0.2) is 0 Å². The van der Waals surface area contributed by atoms with E-state index in [0.717, 1.165) is 38.5 Å². The standard InChI is InChI=1S/C16H27NO2/c1-5-17-9-12-18-10-6-11-19-16-14(3)8-7-13(2)15(16)4/h7-8,17H,5-6,9-12H2,1-4H3. The van der Waals surface area contributed by atoms with Crippen LogP contribution in [0.1, 0.15) is 30.0 Å². The van der Waals surface area contributed by atoms with Gasteiger partial charge in [0.2, 0.25) is 0 Å². The quantitative estimate of drug-likeness (QED) is 0.696. The largest absolute Gasteiger partial charge is 0.493 e. The highest BCUT2D eigenvalue weighted by Gasteiger charge is 2.05. The zero-order valence-corrected chi connectivity index (χ0v) is 12.7. The fraction of sp³-hybridized carbons (Fsp3) is 0.625. The van der Waals surface area contributed by atoms with Gasteiger partial charge in [0.05, 0.1) is 13.2 Å². The minimum atomic E-state index is 0.715. The molecule has 0 heterocycles. The van der Waals surface area contributed by atoms with Crippen molar-refractivity contribution in [2.75, 3.05) is 32.9 Å². The summed E-state index contributed by atoms with van der Waals surface area (Å²) in [5.74, 6) is 1.03. The highest BCUT2D eigenvalue weighted by Crippen LogP contribution is 2.25. The highest BCUT2D eigenvalue weighted by atomic mass is 16.5. The number of hydrogen-bond donors (Lipinski definition) is 1. The molecule has 1 rings (SSSR count). The Balaban J connectivity index is 2.21. The van der Waals surface area contributed by atoms with Gasteiger partial charge in [0.25, 0.3) is 0 Å². The number of likely N-dealkylation sites (N-methyl/N-ethyl adjacent to an activating group) is 1. The molecule has 0 fully saturated rings. The monoisotopic (exact) mass is 265 g/mol. The molecule has 0 spiro atoms. The third-order valence-corrected chi connectivity index (χ3v) is 3.23. The SMILES string of the molecule is CCNCCOCCCOc1c(C)ccc(C)c1C. The van der Waals surface area contributed by atoms with Gasteiger partial charge in [-0.2, -0.15) is 0 Å². The predicted octanol–water partition coefficient (Wildman–Crippen LogP) is 3.01. The first-order valence-corrected chi connectivity index (χ1v) is 7.15. The maximum absolute atomic E-state index is 5.88. The molecule has 0 saturated heterocycles. The maximum atomic E-state index is 5.88. The molecule has 0 aromatic heterocycles. The lowest BCUT2D eigenvalue weighted by atomic mass is 10.1. The average Bonchev–Trinajstić information content (AvgIpc) is 2.40. The Hall–Kier alpha value is -1.06. The Morgan fingerprint density at radius 3 is 2.47 bits per heavy atom. The third-order valence-electron chi connectivity index (χ3n) is 3.23. The van der Waals surface area contributed by atoms with Crippen molar-refractivity contribution in [2.24, 2.45) is 0 Å². The van der Waals surface area contributed by atoms with E-state index in [2.05, 4.69) is 45.1 Å². The van der Waals surface area contributed by atoms with Crippen LogP contribution in [-0.2, 0) is 4.74 Å². The minimum absolute atomic E-state index is 0.715. The zero-order valence-electron chi connectivity index (χ0n) is 12.7. The molecule has 1 aromatic carbocycles. The summed E-state index contributed by atoms with van der Waals surface area (Å²) in [6.07, 6.45) is 0.930. The Kier molecular flexibility index (Phi) is 7.53. The van der Waals surface area contributed by atoms with Gasteiger partial charge in [-0.15, -0.1) is 0 Å². The fourth-order valence-corrected chi connectivity index (χ4v) is 1.91. The molecule has 3 heteroatoms. The van der Waals surface area contributed by atoms with Crippen LogP contribution >= 0.6 is 0 Å². The topological polar surface area (TPSA) is 30.5 Å². The van der Waals surface area contributed by atoms with Crippen molar-refractivity contribution in [3.63, 3.8) is 0 Å². The zero-order chi connectivity index (χ0) is 14.1. The van der Waals surface area contributed by atoms with E-state index in [-0.39, 0.29) is 0 Å². The molecule has 3 nitrogen and oxygen atoms in total. The van der Waals surface area contributed by atoms with Crippen molar-refractivity contribution in [2.45, 2.75) is 34.1 Å². The Morgan fingerprint density at radius 2 is 1.74 bits per heavy atom. The molecule has 19 heavy (non-hydrogen) atoms. The van der Waals surface area contributed by atoms with Crippen LogP contribution < -0.4 is 10.1 Å². The molecular formula is C16H27NO2. The number of hydrogen-bond acceptors (Lipinski definition) is 3. The van der Waals surface area contributed by atoms with Crippen molar-refractivity contribution < 1.29 is 9.47 Å². The number of benzene rings is 1. The molecule has 0 bridgehead atoms. The molecule has 0 aliphatic rings. The van der Waals surface area contributed by atoms with E-state index in [1.165, 1.54) is 16.7 Å². The second-order valence-electron chi connectivity index (χ2n) is 4.82. The van der Waals surface area contributed by atoms with Crippen molar-refractivity contribution >= 4 is 0 Å². The van der Waals surface area contributed by atoms with Crippen LogP contribution in [0.15, 0.2) is 12.1 Å². The van der Waals surface area contributed by atoms with Crippen LogP contribution in [0.5, 0.6) is 5.75 Å². The van der Waals surface area contributed by atoms with Crippen LogP contribution in [0.4, 0.5) is 0 Å². The van der Waals surface area contributed by atoms with Crippen molar-refractivity contribution in [1.29, 1.82) is 0 Å². The van der Waals surface area contributed by atoms with E-state index in [1.807, 2.05) is 0 Å². The van der Waals surface area contributed by atoms with Crippen LogP contribution in [0, 0.1) is 20.8 Å². The number of rotatable bonds is 9. The normalized spacial score (nSPS) is 10.7. The first kappa shape index (κ1) is 16.0. The van der Waals surface area contributed by atoms with Gasteiger partial charge < -0.3 is 14.8 Å². The lowest BCUT2D eigenvalue weighted by molar-refractivity contribution is 0.121. The summed E-state index contributed by atoms with van der Waals surface area (Å²) in [4.78, 5) is 0. The Morgan fingerprint density at radius 1 is 1.00 bits per heavy atom. The highest BCUT2D eigenvalue weighted by molar-refractivity contribution is 5.44. The van der Waals surface area contributed by atoms with Gasteiger partial charge in [-0.05, 0) is 44.0 Å². The summed E-state index contributed by atoms with van der Waals surface area (Å²) in [6, 6.07) is 4.26. The van der Waals surface area contributed by atoms with Gasteiger partial charge in [0.1, 0.15) is 5.75 Å². The van der Waals surface area contributed by atoms with Gasteiger partial charge in [0, 0.05) is 19.6 Å². The summed E-state index contributed by atoms with van der Waals surface area (Å²) in [6.45, 7) is 12.6. The van der Waals surface area contributed by atoms with E-state index in [0.29, 0.717) is 6.61 Å². The van der Waals surface area contributed by atoms with E-state index >= 15 is 0 Å². The summed E-state index contributed by atoms with van der Waals surface area (Å²) < 4.78 is 11.4. The molecule has 0 saturated carbocycles. The summed E-state index contributed by atoms with van der Waals surface area (Å²) in [5.41, 5.74) is 3.73. The molecular weight excluding hydrogens is 238 g/mol. The second-order valence-corrected chi connectivity index (χ2v) is 4.82. The number of nitrogens with one attached hydrogen (secondary N) is 1. The van der Waals surface area contributed by atoms with E-state index in [4.69, 9.17) is 9.47 Å². The summed E-state index contributed by atoms with van der Waals surface area (Å²) in [5, 5.41) is 3.23. The molecule has 0 unspecified atom stereocenters. The number of aryl methyl sites for hydroxylation is 2. The molecule has 0 aliphatic carbocycles. The van der Waals surface area contributed by atoms with Crippen LogP contribution in [0.3, 0.4) is 0 Å². The van der Waals surface area contributed by atoms with Crippen LogP contribution in [0.2, 0.25) is 0 Å². The molecule has 108 valence electrons. The van der Waals surface area contributed by atoms with Crippen LogP contribution in [-0.4, -0.2) is 32.9 Å². The third kappa shape index (κ3) is 5.62. The summed E-state index contributed by atoms with van der Waals surface area (Å²) >= 11 is 0. The second kappa shape index (κ2) is 8.94. The first-order chi connectivity index (χ1) is 9.16. The van der Waals surface area contributed by atoms with E-state index in [9.17, 15) is 0 Å². The maximum Gasteiger partial charge on any atom is 0.125 e. The summed E-state index contributed by atoms with van der Waals surface area (Å²) in [7, 11) is 0.